The molecular weight excluding hydrogens is 308 g/mol. The second-order valence-corrected chi connectivity index (χ2v) is 6.31. The van der Waals surface area contributed by atoms with Crippen LogP contribution in [0.3, 0.4) is 0 Å². The minimum atomic E-state index is -4.10. The van der Waals surface area contributed by atoms with Crippen molar-refractivity contribution >= 4 is 39.2 Å². The molecule has 0 aliphatic heterocycles. The lowest BCUT2D eigenvalue weighted by molar-refractivity contribution is -0.136. The summed E-state index contributed by atoms with van der Waals surface area (Å²) in [5.41, 5.74) is 0.137. The van der Waals surface area contributed by atoms with Crippen LogP contribution in [0.15, 0.2) is 18.2 Å². The highest BCUT2D eigenvalue weighted by Crippen LogP contribution is 2.22. The van der Waals surface area contributed by atoms with Crippen LogP contribution in [0.5, 0.6) is 0 Å². The number of nitrogens with one attached hydrogen (secondary N) is 2. The average Bonchev–Trinajstić information content (AvgIpc) is 2.38. The number of carboxylic acid groups (broad SMARTS) is 1. The topological polar surface area (TPSA) is 113 Å². The number of carbonyl (C=O) groups is 2. The first kappa shape index (κ1) is 16.3. The van der Waals surface area contributed by atoms with E-state index < -0.39 is 27.1 Å². The highest BCUT2D eigenvalue weighted by Gasteiger charge is 2.27. The Morgan fingerprint density at radius 1 is 1.35 bits per heavy atom. The first-order valence-electron chi connectivity index (χ1n) is 5.45. The summed E-state index contributed by atoms with van der Waals surface area (Å²) in [6.45, 7) is 1.04. The first-order valence-corrected chi connectivity index (χ1v) is 7.37. The lowest BCUT2D eigenvalue weighted by Crippen LogP contribution is -2.32. The molecular formula is C11H13ClN2O5S. The fourth-order valence-corrected chi connectivity index (χ4v) is 2.38. The molecule has 1 aromatic carbocycles. The van der Waals surface area contributed by atoms with Gasteiger partial charge in [0.1, 0.15) is 0 Å². The van der Waals surface area contributed by atoms with E-state index in [-0.39, 0.29) is 16.3 Å². The van der Waals surface area contributed by atoms with Gasteiger partial charge in [0.25, 0.3) is 5.91 Å². The van der Waals surface area contributed by atoms with Gasteiger partial charge in [0.15, 0.2) is 5.25 Å². The second kappa shape index (κ2) is 6.10. The Labute approximate surface area is 121 Å². The van der Waals surface area contributed by atoms with Crippen molar-refractivity contribution in [3.05, 3.63) is 28.8 Å². The lowest BCUT2D eigenvalue weighted by Gasteiger charge is -2.12. The van der Waals surface area contributed by atoms with Gasteiger partial charge in [0, 0.05) is 12.7 Å². The predicted octanol–water partition coefficient (Wildman–Crippen LogP) is 0.914. The average molecular weight is 321 g/mol. The number of carboxylic acids is 1. The third-order valence-electron chi connectivity index (χ3n) is 2.51. The molecule has 1 rings (SSSR count). The first-order chi connectivity index (χ1) is 9.19. The lowest BCUT2D eigenvalue weighted by atomic mass is 10.2. The summed E-state index contributed by atoms with van der Waals surface area (Å²) in [5, 5.41) is 9.60. The normalized spacial score (nSPS) is 12.6. The van der Waals surface area contributed by atoms with Crippen LogP contribution in [0, 0.1) is 0 Å². The molecule has 3 N–H and O–H groups in total. The van der Waals surface area contributed by atoms with Gasteiger partial charge in [-0.3, -0.25) is 14.3 Å². The van der Waals surface area contributed by atoms with Crippen molar-refractivity contribution in [3.8, 4) is 0 Å². The summed E-state index contributed by atoms with van der Waals surface area (Å²) in [5.74, 6) is -1.96. The second-order valence-electron chi connectivity index (χ2n) is 3.90. The molecule has 0 fully saturated rings. The predicted molar refractivity (Wildman–Crippen MR) is 74.5 cm³/mol. The molecule has 0 saturated carbocycles. The minimum Gasteiger partial charge on any atom is -0.480 e. The third-order valence-corrected chi connectivity index (χ3v) is 4.49. The van der Waals surface area contributed by atoms with Crippen molar-refractivity contribution < 1.29 is 23.1 Å². The van der Waals surface area contributed by atoms with Crippen molar-refractivity contribution in [2.45, 2.75) is 12.2 Å². The molecule has 1 atom stereocenters. The van der Waals surface area contributed by atoms with Crippen LogP contribution in [0.25, 0.3) is 0 Å². The summed E-state index contributed by atoms with van der Waals surface area (Å²) in [7, 11) is -2.69. The number of hydrogen-bond donors (Lipinski definition) is 3. The number of aliphatic carboxylic acids is 1. The molecule has 9 heteroatoms. The largest absolute Gasteiger partial charge is 0.480 e. The number of carbonyl (C=O) groups excluding carboxylic acids is 1. The van der Waals surface area contributed by atoms with Gasteiger partial charge in [-0.1, -0.05) is 11.6 Å². The number of halogens is 1. The van der Waals surface area contributed by atoms with E-state index in [1.54, 1.807) is 0 Å². The Hall–Kier alpha value is -1.80. The van der Waals surface area contributed by atoms with Crippen LogP contribution in [0.4, 0.5) is 5.69 Å². The molecule has 0 aliphatic carbocycles. The Bertz CT molecular complexity index is 644. The van der Waals surface area contributed by atoms with Crippen LogP contribution in [0.1, 0.15) is 17.3 Å². The van der Waals surface area contributed by atoms with Gasteiger partial charge < -0.3 is 10.4 Å². The van der Waals surface area contributed by atoms with Crippen LogP contribution in [0.2, 0.25) is 5.02 Å². The van der Waals surface area contributed by atoms with Gasteiger partial charge in [-0.2, -0.15) is 0 Å². The van der Waals surface area contributed by atoms with E-state index in [0.29, 0.717) is 0 Å². The zero-order chi connectivity index (χ0) is 15.5. The summed E-state index contributed by atoms with van der Waals surface area (Å²) in [4.78, 5) is 22.2. The Balaban J connectivity index is 3.11. The van der Waals surface area contributed by atoms with Crippen molar-refractivity contribution in [2.24, 2.45) is 0 Å². The van der Waals surface area contributed by atoms with Gasteiger partial charge in [0.05, 0.1) is 10.6 Å². The Morgan fingerprint density at radius 2 is 1.95 bits per heavy atom. The molecule has 0 radical (unpaired) electrons. The molecule has 0 spiro atoms. The maximum absolute atomic E-state index is 11.8. The Kier molecular flexibility index (Phi) is 4.96. The number of amides is 1. The van der Waals surface area contributed by atoms with Gasteiger partial charge in [-0.05, 0) is 25.1 Å². The highest BCUT2D eigenvalue weighted by atomic mass is 35.5. The summed E-state index contributed by atoms with van der Waals surface area (Å²) >= 11 is 5.82. The standard InChI is InChI=1S/C11H13ClN2O5S/c1-6(11(16)17)20(18,19)14-7-3-4-9(12)8(5-7)10(15)13-2/h3-6,14H,1-2H3,(H,13,15)(H,16,17). The van der Waals surface area contributed by atoms with Gasteiger partial charge in [-0.25, -0.2) is 8.42 Å². The molecule has 0 aliphatic rings. The van der Waals surface area contributed by atoms with E-state index in [4.69, 9.17) is 16.7 Å². The molecule has 7 nitrogen and oxygen atoms in total. The zero-order valence-electron chi connectivity index (χ0n) is 10.7. The van der Waals surface area contributed by atoms with Crippen molar-refractivity contribution in [1.29, 1.82) is 0 Å². The molecule has 1 aromatic rings. The van der Waals surface area contributed by atoms with Gasteiger partial charge >= 0.3 is 5.97 Å². The van der Waals surface area contributed by atoms with Crippen molar-refractivity contribution in [2.75, 3.05) is 11.8 Å². The van der Waals surface area contributed by atoms with E-state index in [2.05, 4.69) is 10.0 Å². The monoisotopic (exact) mass is 320 g/mol. The summed E-state index contributed by atoms with van der Waals surface area (Å²) in [6, 6.07) is 3.91. The van der Waals surface area contributed by atoms with Crippen molar-refractivity contribution in [1.82, 2.24) is 5.32 Å². The molecule has 1 amide bonds. The number of hydrogen-bond acceptors (Lipinski definition) is 4. The molecule has 0 heterocycles. The SMILES string of the molecule is CNC(=O)c1cc(NS(=O)(=O)C(C)C(=O)O)ccc1Cl. The van der Waals surface area contributed by atoms with Crippen LogP contribution in [-0.4, -0.2) is 37.7 Å². The van der Waals surface area contributed by atoms with E-state index >= 15 is 0 Å². The zero-order valence-corrected chi connectivity index (χ0v) is 12.2. The number of rotatable bonds is 5. The third kappa shape index (κ3) is 3.61. The summed E-state index contributed by atoms with van der Waals surface area (Å²) < 4.78 is 25.6. The highest BCUT2D eigenvalue weighted by molar-refractivity contribution is 7.94. The fraction of sp³-hybridized carbons (Fsp3) is 0.273. The van der Waals surface area contributed by atoms with Gasteiger partial charge in [0.2, 0.25) is 10.0 Å². The van der Waals surface area contributed by atoms with E-state index in [9.17, 15) is 18.0 Å². The molecule has 0 aromatic heterocycles. The van der Waals surface area contributed by atoms with Gasteiger partial charge in [-0.15, -0.1) is 0 Å². The number of anilines is 1. The quantitative estimate of drug-likeness (QED) is 0.746. The Morgan fingerprint density at radius 3 is 2.45 bits per heavy atom. The fourth-order valence-electron chi connectivity index (χ4n) is 1.28. The van der Waals surface area contributed by atoms with Crippen LogP contribution >= 0.6 is 11.6 Å². The molecule has 110 valence electrons. The van der Waals surface area contributed by atoms with Crippen LogP contribution < -0.4 is 10.0 Å². The minimum absolute atomic E-state index is 0.0566. The number of sulfonamides is 1. The van der Waals surface area contributed by atoms with E-state index in [0.717, 1.165) is 6.92 Å². The maximum atomic E-state index is 11.8. The van der Waals surface area contributed by atoms with E-state index in [1.807, 2.05) is 0 Å². The molecule has 1 unspecified atom stereocenters. The van der Waals surface area contributed by atoms with E-state index in [1.165, 1.54) is 25.2 Å². The maximum Gasteiger partial charge on any atom is 0.323 e. The molecule has 20 heavy (non-hydrogen) atoms. The summed E-state index contributed by atoms with van der Waals surface area (Å²) in [6.07, 6.45) is 0. The number of benzene rings is 1. The van der Waals surface area contributed by atoms with Crippen LogP contribution in [-0.2, 0) is 14.8 Å². The smallest absolute Gasteiger partial charge is 0.323 e. The molecule has 0 bridgehead atoms. The van der Waals surface area contributed by atoms with Crippen molar-refractivity contribution in [3.63, 3.8) is 0 Å². The molecule has 0 saturated heterocycles.